The molecule has 1 saturated heterocycles. The van der Waals surface area contributed by atoms with Gasteiger partial charge in [-0.2, -0.15) is 0 Å². The number of benzene rings is 3. The molecule has 3 aromatic carbocycles. The van der Waals surface area contributed by atoms with Crippen molar-refractivity contribution in [2.45, 2.75) is 13.5 Å². The summed E-state index contributed by atoms with van der Waals surface area (Å²) in [5, 5.41) is 13.1. The molecule has 10 nitrogen and oxygen atoms in total. The molecule has 1 aliphatic rings. The Hall–Kier alpha value is -4.51. The van der Waals surface area contributed by atoms with Crippen LogP contribution in [0.4, 0.5) is 16.2 Å². The summed E-state index contributed by atoms with van der Waals surface area (Å²) in [7, 11) is 1.48. The van der Waals surface area contributed by atoms with E-state index < -0.39 is 22.8 Å². The van der Waals surface area contributed by atoms with E-state index in [1.165, 1.54) is 25.3 Å². The summed E-state index contributed by atoms with van der Waals surface area (Å²) < 4.78 is 12.0. The summed E-state index contributed by atoms with van der Waals surface area (Å²) in [6.07, 6.45) is 1.34. The molecular formula is C26H20BrN3O7. The number of nitro benzene ring substituents is 1. The van der Waals surface area contributed by atoms with E-state index in [2.05, 4.69) is 21.2 Å². The number of carbonyl (C=O) groups is 3. The lowest BCUT2D eigenvalue weighted by Gasteiger charge is -2.27. The number of urea groups is 1. The summed E-state index contributed by atoms with van der Waals surface area (Å²) >= 11 is 3.35. The van der Waals surface area contributed by atoms with Gasteiger partial charge in [0.05, 0.1) is 17.7 Å². The fraction of sp³-hybridized carbons (Fsp3) is 0.115. The number of amides is 4. The van der Waals surface area contributed by atoms with Gasteiger partial charge in [0.25, 0.3) is 17.5 Å². The third-order valence-corrected chi connectivity index (χ3v) is 6.06. The van der Waals surface area contributed by atoms with Crippen molar-refractivity contribution in [3.05, 3.63) is 97.5 Å². The third-order valence-electron chi connectivity index (χ3n) is 5.56. The molecule has 0 radical (unpaired) electrons. The van der Waals surface area contributed by atoms with Crippen molar-refractivity contribution in [1.29, 1.82) is 0 Å². The first-order valence-corrected chi connectivity index (χ1v) is 11.7. The number of halogens is 1. The predicted octanol–water partition coefficient (Wildman–Crippen LogP) is 4.92. The number of nitrogens with zero attached hydrogens (tertiary/aromatic N) is 2. The van der Waals surface area contributed by atoms with Gasteiger partial charge in [-0.15, -0.1) is 0 Å². The van der Waals surface area contributed by atoms with Crippen molar-refractivity contribution in [2.24, 2.45) is 0 Å². The first-order chi connectivity index (χ1) is 17.7. The standard InChI is InChI=1S/C26H20BrN3O7/c1-15-11-18(27)6-10-22(15)29-25(32)21(24(31)28-26(29)33)12-17-5-9-20(36-2)13-23(17)37-14-16-3-7-19(8-4-16)30(34)35/h3-13H,14H2,1-2H3,(H,28,31,33)/b21-12-. The number of ether oxygens (including phenoxy) is 2. The Morgan fingerprint density at radius 1 is 1.05 bits per heavy atom. The van der Waals surface area contributed by atoms with E-state index in [1.54, 1.807) is 55.5 Å². The second-order valence-electron chi connectivity index (χ2n) is 8.00. The van der Waals surface area contributed by atoms with Crippen LogP contribution in [-0.2, 0) is 16.2 Å². The van der Waals surface area contributed by atoms with Crippen molar-refractivity contribution in [1.82, 2.24) is 5.32 Å². The molecule has 1 heterocycles. The quantitative estimate of drug-likeness (QED) is 0.186. The largest absolute Gasteiger partial charge is 0.497 e. The normalized spacial score (nSPS) is 14.5. The average Bonchev–Trinajstić information content (AvgIpc) is 2.87. The molecule has 4 rings (SSSR count). The van der Waals surface area contributed by atoms with E-state index in [-0.39, 0.29) is 17.9 Å². The number of rotatable bonds is 7. The Balaban J connectivity index is 1.67. The molecule has 0 aromatic heterocycles. The summed E-state index contributed by atoms with van der Waals surface area (Å²) in [6.45, 7) is 1.80. The summed E-state index contributed by atoms with van der Waals surface area (Å²) in [5.74, 6) is -0.842. The minimum atomic E-state index is -0.845. The molecule has 0 aliphatic carbocycles. The van der Waals surface area contributed by atoms with Crippen LogP contribution in [0.1, 0.15) is 16.7 Å². The molecule has 37 heavy (non-hydrogen) atoms. The number of carbonyl (C=O) groups excluding carboxylic acids is 3. The van der Waals surface area contributed by atoms with Crippen molar-refractivity contribution in [3.63, 3.8) is 0 Å². The first kappa shape index (κ1) is 25.6. The number of hydrogen-bond donors (Lipinski definition) is 1. The van der Waals surface area contributed by atoms with Crippen LogP contribution in [0.5, 0.6) is 11.5 Å². The van der Waals surface area contributed by atoms with Crippen molar-refractivity contribution < 1.29 is 28.8 Å². The van der Waals surface area contributed by atoms with Crippen LogP contribution in [0.25, 0.3) is 6.08 Å². The average molecular weight is 566 g/mol. The zero-order valence-electron chi connectivity index (χ0n) is 19.7. The molecule has 0 unspecified atom stereocenters. The second-order valence-corrected chi connectivity index (χ2v) is 8.92. The zero-order chi connectivity index (χ0) is 26.7. The molecule has 11 heteroatoms. The molecule has 0 saturated carbocycles. The number of aryl methyl sites for hydroxylation is 1. The van der Waals surface area contributed by atoms with Gasteiger partial charge in [-0.1, -0.05) is 15.9 Å². The van der Waals surface area contributed by atoms with Crippen LogP contribution in [0.15, 0.2) is 70.7 Å². The highest BCUT2D eigenvalue weighted by molar-refractivity contribution is 9.10. The van der Waals surface area contributed by atoms with Gasteiger partial charge < -0.3 is 9.47 Å². The van der Waals surface area contributed by atoms with Crippen LogP contribution >= 0.6 is 15.9 Å². The number of imide groups is 2. The number of nitro groups is 1. The van der Waals surface area contributed by atoms with Gasteiger partial charge in [0.1, 0.15) is 23.7 Å². The maximum atomic E-state index is 13.3. The van der Waals surface area contributed by atoms with Crippen LogP contribution in [-0.4, -0.2) is 29.9 Å². The molecule has 4 amide bonds. The van der Waals surface area contributed by atoms with E-state index in [0.717, 1.165) is 9.37 Å². The SMILES string of the molecule is COc1ccc(/C=C2/C(=O)NC(=O)N(c3ccc(Br)cc3C)C2=O)c(OCc2ccc([N+](=O)[O-])cc2)c1. The van der Waals surface area contributed by atoms with Gasteiger partial charge in [-0.05, 0) is 66.6 Å². The zero-order valence-corrected chi connectivity index (χ0v) is 21.3. The van der Waals surface area contributed by atoms with Crippen LogP contribution in [0.3, 0.4) is 0 Å². The number of methoxy groups -OCH3 is 1. The minimum absolute atomic E-state index is 0.0440. The van der Waals surface area contributed by atoms with Crippen molar-refractivity contribution in [3.8, 4) is 11.5 Å². The summed E-state index contributed by atoms with van der Waals surface area (Å²) in [4.78, 5) is 49.9. The highest BCUT2D eigenvalue weighted by Gasteiger charge is 2.37. The maximum absolute atomic E-state index is 13.3. The Labute approximate surface area is 219 Å². The van der Waals surface area contributed by atoms with E-state index in [1.807, 2.05) is 0 Å². The second kappa shape index (κ2) is 10.6. The number of nitrogens with one attached hydrogen (secondary N) is 1. The Bertz CT molecular complexity index is 1450. The smallest absolute Gasteiger partial charge is 0.335 e. The topological polar surface area (TPSA) is 128 Å². The Morgan fingerprint density at radius 3 is 2.43 bits per heavy atom. The van der Waals surface area contributed by atoms with Crippen LogP contribution in [0.2, 0.25) is 0 Å². The predicted molar refractivity (Wildman–Crippen MR) is 138 cm³/mol. The summed E-state index contributed by atoms with van der Waals surface area (Å²) in [6, 6.07) is 14.9. The molecule has 3 aromatic rings. The molecule has 0 atom stereocenters. The van der Waals surface area contributed by atoms with Gasteiger partial charge >= 0.3 is 6.03 Å². The van der Waals surface area contributed by atoms with Crippen molar-refractivity contribution >= 4 is 51.2 Å². The van der Waals surface area contributed by atoms with E-state index in [9.17, 15) is 24.5 Å². The van der Waals surface area contributed by atoms with Crippen molar-refractivity contribution in [2.75, 3.05) is 12.0 Å². The Morgan fingerprint density at radius 2 is 1.78 bits per heavy atom. The molecule has 188 valence electrons. The Kier molecular flexibility index (Phi) is 7.35. The maximum Gasteiger partial charge on any atom is 0.335 e. The lowest BCUT2D eigenvalue weighted by molar-refractivity contribution is -0.384. The molecule has 1 N–H and O–H groups in total. The first-order valence-electron chi connectivity index (χ1n) is 10.9. The number of barbiturate groups is 1. The van der Waals surface area contributed by atoms with Gasteiger partial charge in [-0.3, -0.25) is 25.0 Å². The summed E-state index contributed by atoms with van der Waals surface area (Å²) in [5.41, 5.74) is 1.76. The highest BCUT2D eigenvalue weighted by Crippen LogP contribution is 2.31. The number of hydrogen-bond acceptors (Lipinski definition) is 7. The monoisotopic (exact) mass is 565 g/mol. The number of anilines is 1. The van der Waals surface area contributed by atoms with Gasteiger partial charge in [-0.25, -0.2) is 9.69 Å². The fourth-order valence-corrected chi connectivity index (χ4v) is 4.14. The molecule has 1 fully saturated rings. The molecule has 0 spiro atoms. The minimum Gasteiger partial charge on any atom is -0.497 e. The van der Waals surface area contributed by atoms with E-state index in [0.29, 0.717) is 33.9 Å². The molecular weight excluding hydrogens is 546 g/mol. The van der Waals surface area contributed by atoms with Gasteiger partial charge in [0.15, 0.2) is 0 Å². The van der Waals surface area contributed by atoms with Gasteiger partial charge in [0.2, 0.25) is 0 Å². The lowest BCUT2D eigenvalue weighted by atomic mass is 10.0. The van der Waals surface area contributed by atoms with Gasteiger partial charge in [0, 0.05) is 28.2 Å². The fourth-order valence-electron chi connectivity index (χ4n) is 3.66. The van der Waals surface area contributed by atoms with Crippen LogP contribution in [0, 0.1) is 17.0 Å². The highest BCUT2D eigenvalue weighted by atomic mass is 79.9. The number of non-ortho nitro benzene ring substituents is 1. The molecule has 0 bridgehead atoms. The van der Waals surface area contributed by atoms with E-state index >= 15 is 0 Å². The molecule has 1 aliphatic heterocycles. The lowest BCUT2D eigenvalue weighted by Crippen LogP contribution is -2.54. The van der Waals surface area contributed by atoms with Crippen LogP contribution < -0.4 is 19.7 Å². The third kappa shape index (κ3) is 5.51. The van der Waals surface area contributed by atoms with E-state index in [4.69, 9.17) is 9.47 Å².